The largest absolute Gasteiger partial charge is 0.371 e. The summed E-state index contributed by atoms with van der Waals surface area (Å²) in [5.41, 5.74) is 6.52. The van der Waals surface area contributed by atoms with Gasteiger partial charge < -0.3 is 10.2 Å². The number of piperidine rings is 1. The highest BCUT2D eigenvalue weighted by Crippen LogP contribution is 2.38. The Morgan fingerprint density at radius 3 is 2.37 bits per heavy atom. The van der Waals surface area contributed by atoms with Gasteiger partial charge in [-0.1, -0.05) is 12.1 Å². The van der Waals surface area contributed by atoms with Crippen LogP contribution in [0.15, 0.2) is 12.1 Å². The molecule has 0 bridgehead atoms. The second-order valence-corrected chi connectivity index (χ2v) is 6.43. The third-order valence-corrected chi connectivity index (χ3v) is 5.12. The lowest BCUT2D eigenvalue weighted by Gasteiger charge is -2.38. The van der Waals surface area contributed by atoms with E-state index in [-0.39, 0.29) is 0 Å². The molecule has 1 aromatic rings. The fourth-order valence-corrected chi connectivity index (χ4v) is 4.20. The van der Waals surface area contributed by atoms with Gasteiger partial charge in [-0.2, -0.15) is 0 Å². The van der Waals surface area contributed by atoms with E-state index in [0.29, 0.717) is 0 Å². The molecule has 19 heavy (non-hydrogen) atoms. The number of hydrogen-bond acceptors (Lipinski definition) is 2. The maximum Gasteiger partial charge on any atom is 0.0431 e. The molecule has 1 fully saturated rings. The first-order chi connectivity index (χ1) is 9.42. The SMILES string of the molecule is c1c(C2CCCNC2)cc2c3c1CCCN3CCC2. The van der Waals surface area contributed by atoms with Crippen molar-refractivity contribution in [1.29, 1.82) is 0 Å². The lowest BCUT2D eigenvalue weighted by Crippen LogP contribution is -2.35. The van der Waals surface area contributed by atoms with Gasteiger partial charge in [-0.05, 0) is 67.7 Å². The standard InChI is InChI=1S/C17H24N2/c1-4-15(12-18-7-1)16-10-13-5-2-8-19-9-3-6-14(11-16)17(13)19/h10-11,15,18H,1-9,12H2. The summed E-state index contributed by atoms with van der Waals surface area (Å²) in [5, 5.41) is 3.56. The molecule has 1 aromatic carbocycles. The smallest absolute Gasteiger partial charge is 0.0431 e. The molecule has 2 nitrogen and oxygen atoms in total. The zero-order chi connectivity index (χ0) is 12.7. The number of nitrogens with zero attached hydrogens (tertiary/aromatic N) is 1. The van der Waals surface area contributed by atoms with E-state index in [9.17, 15) is 0 Å². The first-order valence-corrected chi connectivity index (χ1v) is 8.03. The summed E-state index contributed by atoms with van der Waals surface area (Å²) in [4.78, 5) is 2.64. The van der Waals surface area contributed by atoms with E-state index in [1.54, 1.807) is 22.4 Å². The Kier molecular flexibility index (Phi) is 2.99. The van der Waals surface area contributed by atoms with E-state index < -0.39 is 0 Å². The molecule has 1 unspecified atom stereocenters. The van der Waals surface area contributed by atoms with Crippen molar-refractivity contribution >= 4 is 5.69 Å². The zero-order valence-corrected chi connectivity index (χ0v) is 11.8. The van der Waals surface area contributed by atoms with Crippen LogP contribution in [0.4, 0.5) is 5.69 Å². The van der Waals surface area contributed by atoms with Crippen LogP contribution >= 0.6 is 0 Å². The molecule has 0 amide bonds. The van der Waals surface area contributed by atoms with Gasteiger partial charge >= 0.3 is 0 Å². The fraction of sp³-hybridized carbons (Fsp3) is 0.647. The van der Waals surface area contributed by atoms with Crippen molar-refractivity contribution in [2.45, 2.75) is 44.4 Å². The third-order valence-electron chi connectivity index (χ3n) is 5.12. The van der Waals surface area contributed by atoms with Gasteiger partial charge in [0.1, 0.15) is 0 Å². The molecule has 2 heteroatoms. The molecule has 0 radical (unpaired) electrons. The average Bonchev–Trinajstić information content (AvgIpc) is 2.49. The number of anilines is 1. The Labute approximate surface area is 116 Å². The lowest BCUT2D eigenvalue weighted by molar-refractivity contribution is 0.460. The Morgan fingerprint density at radius 2 is 1.74 bits per heavy atom. The van der Waals surface area contributed by atoms with E-state index in [1.165, 1.54) is 64.7 Å². The summed E-state index contributed by atoms with van der Waals surface area (Å²) < 4.78 is 0. The second-order valence-electron chi connectivity index (χ2n) is 6.43. The number of rotatable bonds is 1. The van der Waals surface area contributed by atoms with Crippen LogP contribution < -0.4 is 10.2 Å². The van der Waals surface area contributed by atoms with Gasteiger partial charge in [0, 0.05) is 25.3 Å². The predicted octanol–water partition coefficient (Wildman–Crippen LogP) is 2.85. The van der Waals surface area contributed by atoms with Gasteiger partial charge in [-0.3, -0.25) is 0 Å². The Morgan fingerprint density at radius 1 is 1.00 bits per heavy atom. The fourth-order valence-electron chi connectivity index (χ4n) is 4.20. The molecule has 102 valence electrons. The van der Waals surface area contributed by atoms with E-state index in [4.69, 9.17) is 0 Å². The molecule has 0 aliphatic carbocycles. The minimum Gasteiger partial charge on any atom is -0.371 e. The Bertz CT molecular complexity index is 443. The van der Waals surface area contributed by atoms with Crippen molar-refractivity contribution in [3.05, 3.63) is 28.8 Å². The van der Waals surface area contributed by atoms with Crippen LogP contribution in [0.25, 0.3) is 0 Å². The van der Waals surface area contributed by atoms with Gasteiger partial charge in [0.05, 0.1) is 0 Å². The van der Waals surface area contributed by atoms with E-state index in [0.717, 1.165) is 5.92 Å². The summed E-state index contributed by atoms with van der Waals surface area (Å²) in [7, 11) is 0. The third kappa shape index (κ3) is 2.06. The highest BCUT2D eigenvalue weighted by Gasteiger charge is 2.26. The summed E-state index contributed by atoms with van der Waals surface area (Å²) in [6.45, 7) is 4.96. The number of benzene rings is 1. The quantitative estimate of drug-likeness (QED) is 0.831. The van der Waals surface area contributed by atoms with Gasteiger partial charge in [0.25, 0.3) is 0 Å². The lowest BCUT2D eigenvalue weighted by atomic mass is 9.84. The summed E-state index contributed by atoms with van der Waals surface area (Å²) in [6.07, 6.45) is 8.00. The molecule has 0 saturated carbocycles. The maximum absolute atomic E-state index is 3.56. The van der Waals surface area contributed by atoms with Crippen molar-refractivity contribution in [2.24, 2.45) is 0 Å². The van der Waals surface area contributed by atoms with Gasteiger partial charge in [0.2, 0.25) is 0 Å². The van der Waals surface area contributed by atoms with Crippen molar-refractivity contribution in [1.82, 2.24) is 5.32 Å². The highest BCUT2D eigenvalue weighted by molar-refractivity contribution is 5.64. The molecule has 0 spiro atoms. The summed E-state index contributed by atoms with van der Waals surface area (Å²) in [6, 6.07) is 5.07. The number of aryl methyl sites for hydroxylation is 2. The number of nitrogens with one attached hydrogen (secondary N) is 1. The molecule has 3 aliphatic rings. The van der Waals surface area contributed by atoms with Crippen molar-refractivity contribution in [3.8, 4) is 0 Å². The second kappa shape index (κ2) is 4.82. The molecule has 1 saturated heterocycles. The van der Waals surface area contributed by atoms with Crippen LogP contribution in [0.3, 0.4) is 0 Å². The predicted molar refractivity (Wildman–Crippen MR) is 80.1 cm³/mol. The summed E-state index contributed by atoms with van der Waals surface area (Å²) >= 11 is 0. The molecule has 3 aliphatic heterocycles. The van der Waals surface area contributed by atoms with Crippen LogP contribution in [-0.2, 0) is 12.8 Å². The molecule has 1 atom stereocenters. The molecular weight excluding hydrogens is 232 g/mol. The first kappa shape index (κ1) is 11.8. The molecule has 3 heterocycles. The van der Waals surface area contributed by atoms with E-state index >= 15 is 0 Å². The zero-order valence-electron chi connectivity index (χ0n) is 11.8. The van der Waals surface area contributed by atoms with Crippen LogP contribution in [0, 0.1) is 0 Å². The van der Waals surface area contributed by atoms with Gasteiger partial charge in [-0.15, -0.1) is 0 Å². The molecular formula is C17H24N2. The van der Waals surface area contributed by atoms with Crippen LogP contribution in [0.2, 0.25) is 0 Å². The van der Waals surface area contributed by atoms with Crippen molar-refractivity contribution in [2.75, 3.05) is 31.1 Å². The van der Waals surface area contributed by atoms with Crippen molar-refractivity contribution < 1.29 is 0 Å². The van der Waals surface area contributed by atoms with E-state index in [1.807, 2.05) is 0 Å². The molecule has 0 aromatic heterocycles. The highest BCUT2D eigenvalue weighted by atomic mass is 15.1. The summed E-state index contributed by atoms with van der Waals surface area (Å²) in [5.74, 6) is 0.757. The minimum absolute atomic E-state index is 0.757. The monoisotopic (exact) mass is 256 g/mol. The molecule has 1 N–H and O–H groups in total. The topological polar surface area (TPSA) is 15.3 Å². The Balaban J connectivity index is 1.74. The van der Waals surface area contributed by atoms with Crippen LogP contribution in [0.1, 0.15) is 48.3 Å². The number of hydrogen-bond donors (Lipinski definition) is 1. The van der Waals surface area contributed by atoms with Gasteiger partial charge in [0.15, 0.2) is 0 Å². The average molecular weight is 256 g/mol. The van der Waals surface area contributed by atoms with Gasteiger partial charge in [-0.25, -0.2) is 0 Å². The minimum atomic E-state index is 0.757. The maximum atomic E-state index is 3.56. The normalized spacial score (nSPS) is 26.1. The Hall–Kier alpha value is -1.02. The van der Waals surface area contributed by atoms with Crippen LogP contribution in [-0.4, -0.2) is 26.2 Å². The van der Waals surface area contributed by atoms with Crippen molar-refractivity contribution in [3.63, 3.8) is 0 Å². The first-order valence-electron chi connectivity index (χ1n) is 8.03. The van der Waals surface area contributed by atoms with E-state index in [2.05, 4.69) is 22.3 Å². The molecule has 4 rings (SSSR count). The van der Waals surface area contributed by atoms with Crippen LogP contribution in [0.5, 0.6) is 0 Å².